The number of carbonyl (C=O) groups excluding carboxylic acids is 1. The number of hydrogen-bond acceptors (Lipinski definition) is 3. The number of benzene rings is 1. The molecule has 7 heteroatoms. The van der Waals surface area contributed by atoms with Gasteiger partial charge in [-0.15, -0.1) is 0 Å². The highest BCUT2D eigenvalue weighted by molar-refractivity contribution is 9.10. The van der Waals surface area contributed by atoms with E-state index in [4.69, 9.17) is 16.3 Å². The molecule has 0 bridgehead atoms. The molecule has 2 aliphatic rings. The van der Waals surface area contributed by atoms with E-state index in [1.165, 1.54) is 0 Å². The van der Waals surface area contributed by atoms with Gasteiger partial charge in [-0.1, -0.05) is 27.5 Å². The molecule has 1 aliphatic heterocycles. The summed E-state index contributed by atoms with van der Waals surface area (Å²) in [5.41, 5.74) is 0.662. The van der Waals surface area contributed by atoms with Gasteiger partial charge >= 0.3 is 5.97 Å². The number of aliphatic carboxylic acids is 1. The van der Waals surface area contributed by atoms with Crippen molar-refractivity contribution < 1.29 is 19.4 Å². The van der Waals surface area contributed by atoms with Crippen molar-refractivity contribution in [2.24, 2.45) is 0 Å². The van der Waals surface area contributed by atoms with Gasteiger partial charge in [0, 0.05) is 15.5 Å². The normalized spacial score (nSPS) is 26.0. The van der Waals surface area contributed by atoms with Crippen LogP contribution < -0.4 is 0 Å². The summed E-state index contributed by atoms with van der Waals surface area (Å²) in [4.78, 5) is 25.4. The Labute approximate surface area is 135 Å². The lowest BCUT2D eigenvalue weighted by atomic mass is 9.97. The molecule has 2 fully saturated rings. The highest BCUT2D eigenvalue weighted by Gasteiger charge is 2.48. The van der Waals surface area contributed by atoms with E-state index in [-0.39, 0.29) is 18.6 Å². The van der Waals surface area contributed by atoms with Crippen molar-refractivity contribution in [3.63, 3.8) is 0 Å². The Kier molecular flexibility index (Phi) is 3.94. The van der Waals surface area contributed by atoms with E-state index >= 15 is 0 Å². The highest BCUT2D eigenvalue weighted by atomic mass is 79.9. The van der Waals surface area contributed by atoms with Gasteiger partial charge in [0.05, 0.1) is 6.04 Å². The molecule has 1 aromatic rings. The monoisotopic (exact) mass is 373 g/mol. The number of nitrogens with zero attached hydrogens (tertiary/aromatic N) is 1. The fourth-order valence-electron chi connectivity index (χ4n) is 2.67. The maximum atomic E-state index is 12.2. The van der Waals surface area contributed by atoms with Gasteiger partial charge in [0.1, 0.15) is 6.61 Å². The first-order valence-electron chi connectivity index (χ1n) is 6.59. The van der Waals surface area contributed by atoms with Crippen molar-refractivity contribution in [3.05, 3.63) is 33.3 Å². The number of ether oxygens (including phenoxy) is 1. The Balaban J connectivity index is 2.08. The van der Waals surface area contributed by atoms with Gasteiger partial charge in [-0.05, 0) is 36.6 Å². The Bertz CT molecular complexity index is 605. The van der Waals surface area contributed by atoms with Gasteiger partial charge in [-0.25, -0.2) is 4.79 Å². The first kappa shape index (κ1) is 14.8. The summed E-state index contributed by atoms with van der Waals surface area (Å²) in [6.45, 7) is -0.192. The zero-order chi connectivity index (χ0) is 15.1. The van der Waals surface area contributed by atoms with Gasteiger partial charge in [0.2, 0.25) is 5.91 Å². The van der Waals surface area contributed by atoms with Crippen LogP contribution in [0.5, 0.6) is 0 Å². The molecule has 1 aliphatic carbocycles. The minimum atomic E-state index is -1.09. The average Bonchev–Trinajstić information content (AvgIpc) is 3.25. The predicted octanol–water partition coefficient (Wildman–Crippen LogP) is 2.62. The van der Waals surface area contributed by atoms with Crippen LogP contribution in [0.1, 0.15) is 24.4 Å². The first-order valence-corrected chi connectivity index (χ1v) is 7.76. The lowest BCUT2D eigenvalue weighted by Gasteiger charge is -2.40. The number of carbonyl (C=O) groups is 2. The Morgan fingerprint density at radius 2 is 2.14 bits per heavy atom. The van der Waals surface area contributed by atoms with Gasteiger partial charge in [0.15, 0.2) is 6.10 Å². The van der Waals surface area contributed by atoms with Gasteiger partial charge in [-0.2, -0.15) is 0 Å². The molecular formula is C14H13BrClNO4. The van der Waals surface area contributed by atoms with Crippen molar-refractivity contribution in [2.45, 2.75) is 31.0 Å². The lowest BCUT2D eigenvalue weighted by Crippen LogP contribution is -2.52. The fraction of sp³-hybridized carbons (Fsp3) is 0.429. The van der Waals surface area contributed by atoms with E-state index in [2.05, 4.69) is 15.9 Å². The molecule has 5 nitrogen and oxygen atoms in total. The Morgan fingerprint density at radius 1 is 1.43 bits per heavy atom. The number of morpholine rings is 1. The van der Waals surface area contributed by atoms with Crippen LogP contribution in [-0.2, 0) is 14.3 Å². The van der Waals surface area contributed by atoms with Crippen LogP contribution in [0.25, 0.3) is 0 Å². The van der Waals surface area contributed by atoms with Crippen LogP contribution in [0, 0.1) is 0 Å². The standard InChI is InChI=1S/C14H13BrClNO4/c15-10-4-1-7(16)5-9(10)12-13(14(19)20)21-6-11(18)17(12)8-2-3-8/h1,4-5,8,12-13H,2-3,6H2,(H,19,20). The van der Waals surface area contributed by atoms with Crippen LogP contribution in [0.2, 0.25) is 5.02 Å². The second-order valence-corrected chi connectivity index (χ2v) is 6.50. The molecule has 0 radical (unpaired) electrons. The molecule has 2 atom stereocenters. The van der Waals surface area contributed by atoms with Crippen molar-refractivity contribution in [1.82, 2.24) is 4.90 Å². The van der Waals surface area contributed by atoms with Crippen LogP contribution >= 0.6 is 27.5 Å². The summed E-state index contributed by atoms with van der Waals surface area (Å²) in [6.07, 6.45) is 0.706. The summed E-state index contributed by atoms with van der Waals surface area (Å²) in [6, 6.07) is 4.57. The van der Waals surface area contributed by atoms with Gasteiger partial charge in [0.25, 0.3) is 0 Å². The van der Waals surface area contributed by atoms with Crippen molar-refractivity contribution in [3.8, 4) is 0 Å². The SMILES string of the molecule is O=C(O)C1OCC(=O)N(C2CC2)C1c1cc(Cl)ccc1Br. The second kappa shape index (κ2) is 5.59. The molecule has 2 unspecified atom stereocenters. The van der Waals surface area contributed by atoms with Crippen LogP contribution in [-0.4, -0.2) is 40.6 Å². The maximum absolute atomic E-state index is 12.2. The topological polar surface area (TPSA) is 66.8 Å². The van der Waals surface area contributed by atoms with Crippen LogP contribution in [0.4, 0.5) is 0 Å². The van der Waals surface area contributed by atoms with Crippen molar-refractivity contribution in [2.75, 3.05) is 6.61 Å². The quantitative estimate of drug-likeness (QED) is 0.883. The van der Waals surface area contributed by atoms with E-state index in [9.17, 15) is 14.7 Å². The Morgan fingerprint density at radius 3 is 2.76 bits per heavy atom. The largest absolute Gasteiger partial charge is 0.479 e. The number of hydrogen-bond donors (Lipinski definition) is 1. The zero-order valence-corrected chi connectivity index (χ0v) is 13.3. The molecule has 0 aromatic heterocycles. The zero-order valence-electron chi connectivity index (χ0n) is 11.0. The Hall–Kier alpha value is -1.11. The molecule has 1 N–H and O–H groups in total. The molecule has 3 rings (SSSR count). The molecular weight excluding hydrogens is 362 g/mol. The van der Waals surface area contributed by atoms with Crippen molar-refractivity contribution in [1.29, 1.82) is 0 Å². The number of rotatable bonds is 3. The third-order valence-electron chi connectivity index (χ3n) is 3.72. The molecule has 21 heavy (non-hydrogen) atoms. The third kappa shape index (κ3) is 2.80. The molecule has 1 saturated heterocycles. The molecule has 1 heterocycles. The molecule has 1 aromatic carbocycles. The van der Waals surface area contributed by atoms with Crippen LogP contribution in [0.3, 0.4) is 0 Å². The summed E-state index contributed by atoms with van der Waals surface area (Å²) in [7, 11) is 0. The summed E-state index contributed by atoms with van der Waals surface area (Å²) >= 11 is 9.44. The molecule has 1 saturated carbocycles. The van der Waals surface area contributed by atoms with E-state index in [0.29, 0.717) is 15.1 Å². The number of halogens is 2. The van der Waals surface area contributed by atoms with E-state index in [1.54, 1.807) is 23.1 Å². The molecule has 0 spiro atoms. The average molecular weight is 375 g/mol. The second-order valence-electron chi connectivity index (χ2n) is 5.21. The van der Waals surface area contributed by atoms with E-state index in [1.807, 2.05) is 0 Å². The fourth-order valence-corrected chi connectivity index (χ4v) is 3.33. The minimum absolute atomic E-state index is 0.0964. The molecule has 112 valence electrons. The van der Waals surface area contributed by atoms with Crippen molar-refractivity contribution >= 4 is 39.4 Å². The van der Waals surface area contributed by atoms with E-state index < -0.39 is 18.1 Å². The molecule has 1 amide bonds. The number of carboxylic acids is 1. The van der Waals surface area contributed by atoms with Gasteiger partial charge in [-0.3, -0.25) is 4.79 Å². The number of carboxylic acid groups (broad SMARTS) is 1. The summed E-state index contributed by atoms with van der Waals surface area (Å²) in [5.74, 6) is -1.25. The van der Waals surface area contributed by atoms with E-state index in [0.717, 1.165) is 12.8 Å². The summed E-state index contributed by atoms with van der Waals surface area (Å²) < 4.78 is 5.98. The summed E-state index contributed by atoms with van der Waals surface area (Å²) in [5, 5.41) is 9.92. The maximum Gasteiger partial charge on any atom is 0.335 e. The minimum Gasteiger partial charge on any atom is -0.479 e. The van der Waals surface area contributed by atoms with Crippen LogP contribution in [0.15, 0.2) is 22.7 Å². The van der Waals surface area contributed by atoms with Gasteiger partial charge < -0.3 is 14.7 Å². The first-order chi connectivity index (χ1) is 9.99. The third-order valence-corrected chi connectivity index (χ3v) is 4.68. The smallest absolute Gasteiger partial charge is 0.335 e. The number of amides is 1. The predicted molar refractivity (Wildman–Crippen MR) is 79.1 cm³/mol. The lowest BCUT2D eigenvalue weighted by molar-refractivity contribution is -0.174. The highest BCUT2D eigenvalue weighted by Crippen LogP contribution is 2.42.